The zero-order chi connectivity index (χ0) is 20.6. The summed E-state index contributed by atoms with van der Waals surface area (Å²) in [4.78, 5) is 23.0. The van der Waals surface area contributed by atoms with E-state index >= 15 is 0 Å². The summed E-state index contributed by atoms with van der Waals surface area (Å²) in [6, 6.07) is 6.00. The van der Waals surface area contributed by atoms with Crippen LogP contribution in [0.15, 0.2) is 41.3 Å². The van der Waals surface area contributed by atoms with E-state index in [9.17, 15) is 18.0 Å². The zero-order valence-corrected chi connectivity index (χ0v) is 16.8. The highest BCUT2D eigenvalue weighted by Crippen LogP contribution is 2.19. The first-order chi connectivity index (χ1) is 13.3. The molecule has 152 valence electrons. The molecular formula is C17H21N3O6S2. The molecule has 1 aliphatic rings. The topological polar surface area (TPSA) is 114 Å². The first-order valence-electron chi connectivity index (χ1n) is 8.47. The zero-order valence-electron chi connectivity index (χ0n) is 15.2. The van der Waals surface area contributed by atoms with E-state index in [1.165, 1.54) is 16.4 Å². The number of carbonyl (C=O) groups is 2. The van der Waals surface area contributed by atoms with Gasteiger partial charge in [0, 0.05) is 30.9 Å². The van der Waals surface area contributed by atoms with Gasteiger partial charge in [-0.2, -0.15) is 4.31 Å². The lowest BCUT2D eigenvalue weighted by atomic mass is 10.3. The van der Waals surface area contributed by atoms with Crippen LogP contribution >= 0.6 is 12.2 Å². The summed E-state index contributed by atoms with van der Waals surface area (Å²) in [7, 11) is -3.58. The van der Waals surface area contributed by atoms with E-state index in [-0.39, 0.29) is 16.6 Å². The van der Waals surface area contributed by atoms with Crippen molar-refractivity contribution in [1.82, 2.24) is 9.62 Å². The van der Waals surface area contributed by atoms with Crippen LogP contribution in [0.4, 0.5) is 5.69 Å². The summed E-state index contributed by atoms with van der Waals surface area (Å²) in [6.45, 7) is 3.24. The monoisotopic (exact) mass is 427 g/mol. The Morgan fingerprint density at radius 3 is 2.46 bits per heavy atom. The largest absolute Gasteiger partial charge is 0.463 e. The van der Waals surface area contributed by atoms with Crippen molar-refractivity contribution in [3.05, 3.63) is 36.4 Å². The SMILES string of the molecule is CCOC(=O)C=CC(=O)NC(=S)Nc1ccc(S(=O)(=O)N2CCOCC2)cc1. The summed E-state index contributed by atoms with van der Waals surface area (Å²) in [5.74, 6) is -1.23. The molecular weight excluding hydrogens is 406 g/mol. The number of amides is 1. The fourth-order valence-corrected chi connectivity index (χ4v) is 3.92. The summed E-state index contributed by atoms with van der Waals surface area (Å²) in [5, 5.41) is 5.14. The van der Waals surface area contributed by atoms with Gasteiger partial charge < -0.3 is 14.8 Å². The number of rotatable bonds is 6. The second kappa shape index (κ2) is 10.3. The van der Waals surface area contributed by atoms with Crippen LogP contribution in [0.3, 0.4) is 0 Å². The predicted octanol–water partition coefficient (Wildman–Crippen LogP) is 0.640. The van der Waals surface area contributed by atoms with Crippen molar-refractivity contribution in [2.45, 2.75) is 11.8 Å². The highest BCUT2D eigenvalue weighted by molar-refractivity contribution is 7.89. The number of sulfonamides is 1. The number of hydrogen-bond donors (Lipinski definition) is 2. The predicted molar refractivity (Wildman–Crippen MR) is 106 cm³/mol. The van der Waals surface area contributed by atoms with E-state index in [0.29, 0.717) is 32.0 Å². The second-order valence-electron chi connectivity index (χ2n) is 5.57. The van der Waals surface area contributed by atoms with Crippen LogP contribution in [0.5, 0.6) is 0 Å². The highest BCUT2D eigenvalue weighted by atomic mass is 32.2. The molecule has 0 unspecified atom stereocenters. The normalized spacial score (nSPS) is 15.2. The van der Waals surface area contributed by atoms with E-state index in [1.807, 2.05) is 0 Å². The van der Waals surface area contributed by atoms with Crippen molar-refractivity contribution < 1.29 is 27.5 Å². The molecule has 0 bridgehead atoms. The van der Waals surface area contributed by atoms with E-state index in [2.05, 4.69) is 15.4 Å². The number of thiocarbonyl (C=S) groups is 1. The average molecular weight is 428 g/mol. The van der Waals surface area contributed by atoms with Gasteiger partial charge in [-0.1, -0.05) is 0 Å². The number of anilines is 1. The lowest BCUT2D eigenvalue weighted by molar-refractivity contribution is -0.137. The molecule has 1 saturated heterocycles. The molecule has 0 aromatic heterocycles. The molecule has 0 spiro atoms. The van der Waals surface area contributed by atoms with E-state index in [0.717, 1.165) is 12.2 Å². The number of carbonyl (C=O) groups excluding carboxylic acids is 2. The maximum Gasteiger partial charge on any atom is 0.330 e. The molecule has 1 amide bonds. The van der Waals surface area contributed by atoms with Gasteiger partial charge in [0.25, 0.3) is 0 Å². The van der Waals surface area contributed by atoms with Crippen LogP contribution in [0.2, 0.25) is 0 Å². The Bertz CT molecular complexity index is 846. The van der Waals surface area contributed by atoms with Crippen LogP contribution in [-0.2, 0) is 29.1 Å². The molecule has 1 aliphatic heterocycles. The molecule has 2 rings (SSSR count). The summed E-state index contributed by atoms with van der Waals surface area (Å²) < 4.78 is 36.3. The molecule has 0 atom stereocenters. The lowest BCUT2D eigenvalue weighted by Crippen LogP contribution is -2.40. The van der Waals surface area contributed by atoms with Gasteiger partial charge in [0.1, 0.15) is 0 Å². The first-order valence-corrected chi connectivity index (χ1v) is 10.3. The lowest BCUT2D eigenvalue weighted by Gasteiger charge is -2.26. The Labute approximate surface area is 168 Å². The van der Waals surface area contributed by atoms with Gasteiger partial charge in [-0.05, 0) is 43.4 Å². The Hall–Kier alpha value is -2.34. The van der Waals surface area contributed by atoms with Gasteiger partial charge in [-0.15, -0.1) is 0 Å². The van der Waals surface area contributed by atoms with Gasteiger partial charge >= 0.3 is 5.97 Å². The third-order valence-corrected chi connectivity index (χ3v) is 5.73. The summed E-state index contributed by atoms with van der Waals surface area (Å²) in [6.07, 6.45) is 2.00. The minimum absolute atomic E-state index is 0.00213. The first kappa shape index (κ1) is 22.0. The van der Waals surface area contributed by atoms with Crippen molar-refractivity contribution in [3.8, 4) is 0 Å². The number of hydrogen-bond acceptors (Lipinski definition) is 7. The van der Waals surface area contributed by atoms with Crippen molar-refractivity contribution in [2.24, 2.45) is 0 Å². The van der Waals surface area contributed by atoms with Gasteiger partial charge in [-0.25, -0.2) is 13.2 Å². The highest BCUT2D eigenvalue weighted by Gasteiger charge is 2.26. The Morgan fingerprint density at radius 2 is 1.86 bits per heavy atom. The Kier molecular flexibility index (Phi) is 8.05. The number of benzene rings is 1. The van der Waals surface area contributed by atoms with Gasteiger partial charge in [0.05, 0.1) is 24.7 Å². The molecule has 2 N–H and O–H groups in total. The molecule has 28 heavy (non-hydrogen) atoms. The minimum atomic E-state index is -3.58. The quantitative estimate of drug-likeness (QED) is 0.386. The third-order valence-electron chi connectivity index (χ3n) is 3.61. The van der Waals surface area contributed by atoms with Crippen LogP contribution in [-0.4, -0.2) is 62.6 Å². The van der Waals surface area contributed by atoms with E-state index in [1.54, 1.807) is 19.1 Å². The van der Waals surface area contributed by atoms with Gasteiger partial charge in [-0.3, -0.25) is 10.1 Å². The number of morpholine rings is 1. The van der Waals surface area contributed by atoms with Crippen molar-refractivity contribution in [3.63, 3.8) is 0 Å². The second-order valence-corrected chi connectivity index (χ2v) is 7.92. The molecule has 11 heteroatoms. The third kappa shape index (κ3) is 6.37. The standard InChI is InChI=1S/C17H21N3O6S2/c1-2-26-16(22)8-7-15(21)19-17(27)18-13-3-5-14(6-4-13)28(23,24)20-9-11-25-12-10-20/h3-8H,2,9-12H2,1H3,(H2,18,19,21,27). The maximum absolute atomic E-state index is 12.6. The van der Waals surface area contributed by atoms with Gasteiger partial charge in [0.15, 0.2) is 5.11 Å². The Morgan fingerprint density at radius 1 is 1.21 bits per heavy atom. The van der Waals surface area contributed by atoms with Crippen molar-refractivity contribution in [1.29, 1.82) is 0 Å². The molecule has 1 aromatic rings. The van der Waals surface area contributed by atoms with E-state index in [4.69, 9.17) is 17.0 Å². The Balaban J connectivity index is 1.92. The molecule has 9 nitrogen and oxygen atoms in total. The minimum Gasteiger partial charge on any atom is -0.463 e. The molecule has 1 heterocycles. The number of nitrogens with one attached hydrogen (secondary N) is 2. The fraction of sp³-hybridized carbons (Fsp3) is 0.353. The summed E-state index contributed by atoms with van der Waals surface area (Å²) >= 11 is 5.02. The molecule has 0 aliphatic carbocycles. The van der Waals surface area contributed by atoms with Crippen LogP contribution in [0, 0.1) is 0 Å². The van der Waals surface area contributed by atoms with Crippen molar-refractivity contribution in [2.75, 3.05) is 38.2 Å². The fourth-order valence-electron chi connectivity index (χ4n) is 2.30. The van der Waals surface area contributed by atoms with Gasteiger partial charge in [0.2, 0.25) is 15.9 Å². The number of esters is 1. The van der Waals surface area contributed by atoms with Crippen molar-refractivity contribution >= 4 is 44.9 Å². The average Bonchev–Trinajstić information content (AvgIpc) is 2.67. The maximum atomic E-state index is 12.6. The molecule has 0 saturated carbocycles. The van der Waals surface area contributed by atoms with Crippen LogP contribution < -0.4 is 10.6 Å². The number of ether oxygens (including phenoxy) is 2. The number of nitrogens with zero attached hydrogens (tertiary/aromatic N) is 1. The molecule has 1 fully saturated rings. The van der Waals surface area contributed by atoms with Crippen LogP contribution in [0.25, 0.3) is 0 Å². The van der Waals surface area contributed by atoms with E-state index < -0.39 is 21.9 Å². The molecule has 0 radical (unpaired) electrons. The molecule has 1 aromatic carbocycles. The summed E-state index contributed by atoms with van der Waals surface area (Å²) in [5.41, 5.74) is 0.501. The smallest absolute Gasteiger partial charge is 0.330 e. The van der Waals surface area contributed by atoms with Crippen LogP contribution in [0.1, 0.15) is 6.92 Å².